The highest BCUT2D eigenvalue weighted by molar-refractivity contribution is 7.89. The Hall–Kier alpha value is -0.330. The SMILES string of the molecule is CC1CCCN(S(=O)(=O)c2ccc(Cl)c(CO)c2Cl)CC1. The summed E-state index contributed by atoms with van der Waals surface area (Å²) in [6.07, 6.45) is 2.72. The van der Waals surface area contributed by atoms with Crippen LogP contribution < -0.4 is 0 Å². The van der Waals surface area contributed by atoms with E-state index in [2.05, 4.69) is 6.92 Å². The molecule has 0 amide bonds. The van der Waals surface area contributed by atoms with Crippen molar-refractivity contribution in [3.05, 3.63) is 27.7 Å². The second-order valence-corrected chi connectivity index (χ2v) is 8.13. The van der Waals surface area contributed by atoms with Crippen molar-refractivity contribution in [3.8, 4) is 0 Å². The van der Waals surface area contributed by atoms with Gasteiger partial charge in [-0.25, -0.2) is 8.42 Å². The largest absolute Gasteiger partial charge is 0.392 e. The molecule has 1 saturated heterocycles. The number of benzene rings is 1. The molecule has 1 aromatic carbocycles. The molecule has 0 radical (unpaired) electrons. The molecule has 2 rings (SSSR count). The van der Waals surface area contributed by atoms with Crippen LogP contribution in [0, 0.1) is 5.92 Å². The van der Waals surface area contributed by atoms with Crippen LogP contribution in [0.3, 0.4) is 0 Å². The summed E-state index contributed by atoms with van der Waals surface area (Å²) in [6, 6.07) is 2.87. The molecule has 1 unspecified atom stereocenters. The zero-order chi connectivity index (χ0) is 15.6. The van der Waals surface area contributed by atoms with Crippen LogP contribution in [-0.2, 0) is 16.6 Å². The van der Waals surface area contributed by atoms with Crippen LogP contribution in [0.1, 0.15) is 31.7 Å². The van der Waals surface area contributed by atoms with Gasteiger partial charge in [-0.2, -0.15) is 4.31 Å². The van der Waals surface area contributed by atoms with Crippen LogP contribution in [0.4, 0.5) is 0 Å². The molecule has 7 heteroatoms. The Labute approximate surface area is 135 Å². The fourth-order valence-electron chi connectivity index (χ4n) is 2.54. The molecule has 1 atom stereocenters. The van der Waals surface area contributed by atoms with E-state index in [4.69, 9.17) is 23.2 Å². The number of aliphatic hydroxyl groups excluding tert-OH is 1. The molecule has 118 valence electrons. The lowest BCUT2D eigenvalue weighted by atomic mass is 10.0. The Morgan fingerprint density at radius 1 is 1.29 bits per heavy atom. The summed E-state index contributed by atoms with van der Waals surface area (Å²) in [5, 5.41) is 9.59. The van der Waals surface area contributed by atoms with Crippen molar-refractivity contribution in [2.75, 3.05) is 13.1 Å². The number of hydrogen-bond acceptors (Lipinski definition) is 3. The molecule has 0 aliphatic carbocycles. The quantitative estimate of drug-likeness (QED) is 0.908. The number of sulfonamides is 1. The summed E-state index contributed by atoms with van der Waals surface area (Å²) in [4.78, 5) is 0.0205. The highest BCUT2D eigenvalue weighted by Crippen LogP contribution is 2.33. The lowest BCUT2D eigenvalue weighted by molar-refractivity contribution is 0.281. The van der Waals surface area contributed by atoms with Crippen molar-refractivity contribution in [2.24, 2.45) is 5.92 Å². The third-order valence-corrected chi connectivity index (χ3v) is 6.74. The van der Waals surface area contributed by atoms with E-state index >= 15 is 0 Å². The van der Waals surface area contributed by atoms with Gasteiger partial charge < -0.3 is 5.11 Å². The Kier molecular flexibility index (Phi) is 5.54. The third kappa shape index (κ3) is 3.54. The number of hydrogen-bond donors (Lipinski definition) is 1. The van der Waals surface area contributed by atoms with E-state index in [0.717, 1.165) is 19.3 Å². The molecule has 4 nitrogen and oxygen atoms in total. The fourth-order valence-corrected chi connectivity index (χ4v) is 4.90. The van der Waals surface area contributed by atoms with Gasteiger partial charge in [0.15, 0.2) is 0 Å². The Morgan fingerprint density at radius 3 is 2.67 bits per heavy atom. The average Bonchev–Trinajstić information content (AvgIpc) is 2.64. The number of aliphatic hydroxyl groups is 1. The maximum atomic E-state index is 12.8. The highest BCUT2D eigenvalue weighted by atomic mass is 35.5. The van der Waals surface area contributed by atoms with Gasteiger partial charge in [-0.1, -0.05) is 30.1 Å². The van der Waals surface area contributed by atoms with Crippen molar-refractivity contribution in [1.29, 1.82) is 0 Å². The average molecular weight is 352 g/mol. The van der Waals surface area contributed by atoms with E-state index in [9.17, 15) is 13.5 Å². The van der Waals surface area contributed by atoms with E-state index in [1.54, 1.807) is 0 Å². The molecule has 1 N–H and O–H groups in total. The Balaban J connectivity index is 2.40. The minimum Gasteiger partial charge on any atom is -0.392 e. The lowest BCUT2D eigenvalue weighted by Crippen LogP contribution is -2.32. The van der Waals surface area contributed by atoms with Gasteiger partial charge in [0.1, 0.15) is 4.90 Å². The fraction of sp³-hybridized carbons (Fsp3) is 0.571. The first-order chi connectivity index (χ1) is 9.87. The van der Waals surface area contributed by atoms with Gasteiger partial charge in [-0.3, -0.25) is 0 Å². The van der Waals surface area contributed by atoms with Crippen LogP contribution >= 0.6 is 23.2 Å². The lowest BCUT2D eigenvalue weighted by Gasteiger charge is -2.21. The molecule has 1 fully saturated rings. The standard InChI is InChI=1S/C14H19Cl2NO3S/c1-10-3-2-7-17(8-6-10)21(19,20)13-5-4-12(15)11(9-18)14(13)16/h4-5,10,18H,2-3,6-9H2,1H3. The highest BCUT2D eigenvalue weighted by Gasteiger charge is 2.29. The first kappa shape index (κ1) is 17.0. The van der Waals surface area contributed by atoms with Gasteiger partial charge in [0.2, 0.25) is 10.0 Å². The van der Waals surface area contributed by atoms with Gasteiger partial charge in [0, 0.05) is 23.7 Å². The van der Waals surface area contributed by atoms with Gasteiger partial charge in [-0.15, -0.1) is 0 Å². The van der Waals surface area contributed by atoms with E-state index in [1.807, 2.05) is 0 Å². The van der Waals surface area contributed by atoms with Gasteiger partial charge in [0.05, 0.1) is 11.6 Å². The van der Waals surface area contributed by atoms with Crippen molar-refractivity contribution in [1.82, 2.24) is 4.31 Å². The van der Waals surface area contributed by atoms with E-state index in [0.29, 0.717) is 19.0 Å². The summed E-state index contributed by atoms with van der Waals surface area (Å²) in [5.74, 6) is 0.527. The summed E-state index contributed by atoms with van der Waals surface area (Å²) >= 11 is 12.1. The van der Waals surface area contributed by atoms with E-state index < -0.39 is 16.6 Å². The topological polar surface area (TPSA) is 57.6 Å². The van der Waals surface area contributed by atoms with Gasteiger partial charge in [-0.05, 0) is 37.3 Å². The van der Waals surface area contributed by atoms with Gasteiger partial charge in [0.25, 0.3) is 0 Å². The molecule has 0 bridgehead atoms. The number of rotatable bonds is 3. The molecule has 21 heavy (non-hydrogen) atoms. The van der Waals surface area contributed by atoms with Crippen LogP contribution in [-0.4, -0.2) is 30.9 Å². The van der Waals surface area contributed by atoms with E-state index in [1.165, 1.54) is 16.4 Å². The zero-order valence-corrected chi connectivity index (χ0v) is 14.2. The summed E-state index contributed by atoms with van der Waals surface area (Å²) in [7, 11) is -3.66. The molecule has 1 aromatic rings. The second-order valence-electron chi connectivity index (χ2n) is 5.44. The molecular formula is C14H19Cl2NO3S. The molecule has 1 heterocycles. The predicted octanol–water partition coefficient (Wildman–Crippen LogP) is 3.30. The second kappa shape index (κ2) is 6.84. The van der Waals surface area contributed by atoms with Gasteiger partial charge >= 0.3 is 0 Å². The molecule has 1 aliphatic heterocycles. The van der Waals surface area contributed by atoms with Crippen LogP contribution in [0.25, 0.3) is 0 Å². The number of halogens is 2. The monoisotopic (exact) mass is 351 g/mol. The first-order valence-corrected chi connectivity index (χ1v) is 9.15. The Bertz CT molecular complexity index is 619. The normalized spacial score (nSPS) is 21.2. The maximum absolute atomic E-state index is 12.8. The Morgan fingerprint density at radius 2 is 2.00 bits per heavy atom. The maximum Gasteiger partial charge on any atom is 0.244 e. The smallest absolute Gasteiger partial charge is 0.244 e. The van der Waals surface area contributed by atoms with Crippen molar-refractivity contribution >= 4 is 33.2 Å². The van der Waals surface area contributed by atoms with Crippen molar-refractivity contribution in [2.45, 2.75) is 37.7 Å². The molecule has 0 aromatic heterocycles. The van der Waals surface area contributed by atoms with E-state index in [-0.39, 0.29) is 20.5 Å². The summed E-state index contributed by atoms with van der Waals surface area (Å²) in [5.41, 5.74) is 0.252. The predicted molar refractivity (Wildman–Crippen MR) is 84.2 cm³/mol. The molecular weight excluding hydrogens is 333 g/mol. The minimum atomic E-state index is -3.66. The third-order valence-electron chi connectivity index (χ3n) is 3.90. The number of nitrogens with zero attached hydrogens (tertiary/aromatic N) is 1. The zero-order valence-electron chi connectivity index (χ0n) is 11.8. The van der Waals surface area contributed by atoms with Crippen LogP contribution in [0.15, 0.2) is 17.0 Å². The first-order valence-electron chi connectivity index (χ1n) is 6.95. The molecule has 1 aliphatic rings. The van der Waals surface area contributed by atoms with Crippen molar-refractivity contribution in [3.63, 3.8) is 0 Å². The molecule has 0 saturated carbocycles. The van der Waals surface area contributed by atoms with Crippen LogP contribution in [0.2, 0.25) is 10.0 Å². The van der Waals surface area contributed by atoms with Crippen molar-refractivity contribution < 1.29 is 13.5 Å². The minimum absolute atomic E-state index is 0.0160. The summed E-state index contributed by atoms with van der Waals surface area (Å²) < 4.78 is 27.0. The molecule has 0 spiro atoms. The van der Waals surface area contributed by atoms with Crippen LogP contribution in [0.5, 0.6) is 0 Å². The summed E-state index contributed by atoms with van der Waals surface area (Å²) in [6.45, 7) is 2.74.